The monoisotopic (exact) mass is 478 g/mol. The van der Waals surface area contributed by atoms with Gasteiger partial charge in [-0.05, 0) is 59.0 Å². The van der Waals surface area contributed by atoms with Gasteiger partial charge in [0.1, 0.15) is 16.6 Å². The quantitative estimate of drug-likeness (QED) is 0.352. The molecule has 33 heavy (non-hydrogen) atoms. The van der Waals surface area contributed by atoms with Crippen molar-refractivity contribution >= 4 is 33.0 Å². The van der Waals surface area contributed by atoms with Gasteiger partial charge in [-0.1, -0.05) is 48.5 Å². The smallest absolute Gasteiger partial charge is 0.271 e. The van der Waals surface area contributed by atoms with Crippen molar-refractivity contribution in [2.24, 2.45) is 0 Å². The SMILES string of the molecule is O=C(NCc1cccc(COc2ccccc2)c1)c1ccc(NS(=O)(=O)c2cccs2)cc1. The molecule has 0 radical (unpaired) electrons. The predicted molar refractivity (Wildman–Crippen MR) is 130 cm³/mol. The molecule has 1 heterocycles. The highest BCUT2D eigenvalue weighted by Gasteiger charge is 2.15. The Bertz CT molecular complexity index is 1300. The second-order valence-corrected chi connectivity index (χ2v) is 10.1. The van der Waals surface area contributed by atoms with Gasteiger partial charge in [-0.2, -0.15) is 0 Å². The van der Waals surface area contributed by atoms with E-state index >= 15 is 0 Å². The summed E-state index contributed by atoms with van der Waals surface area (Å²) in [6, 6.07) is 27.0. The molecule has 1 aromatic heterocycles. The number of carbonyl (C=O) groups excluding carboxylic acids is 1. The third kappa shape index (κ3) is 6.21. The van der Waals surface area contributed by atoms with E-state index in [0.717, 1.165) is 28.2 Å². The average Bonchev–Trinajstić information content (AvgIpc) is 3.39. The number of benzene rings is 3. The van der Waals surface area contributed by atoms with E-state index in [9.17, 15) is 13.2 Å². The standard InChI is InChI=1S/C25H22N2O4S2/c28-25(21-11-13-22(14-12-21)27-33(29,30)24-10-5-15-32-24)26-17-19-6-4-7-20(16-19)18-31-23-8-2-1-3-9-23/h1-16,27H,17-18H2,(H,26,28). The maximum Gasteiger partial charge on any atom is 0.271 e. The highest BCUT2D eigenvalue weighted by molar-refractivity contribution is 7.94. The van der Waals surface area contributed by atoms with Gasteiger partial charge in [0.15, 0.2) is 0 Å². The van der Waals surface area contributed by atoms with Crippen LogP contribution in [-0.2, 0) is 23.2 Å². The lowest BCUT2D eigenvalue weighted by molar-refractivity contribution is 0.0951. The maximum absolute atomic E-state index is 12.5. The van der Waals surface area contributed by atoms with Gasteiger partial charge in [-0.25, -0.2) is 8.42 Å². The Kier molecular flexibility index (Phi) is 7.07. The van der Waals surface area contributed by atoms with Crippen LogP contribution in [0.2, 0.25) is 0 Å². The van der Waals surface area contributed by atoms with E-state index in [2.05, 4.69) is 10.0 Å². The zero-order valence-corrected chi connectivity index (χ0v) is 19.2. The molecular weight excluding hydrogens is 456 g/mol. The summed E-state index contributed by atoms with van der Waals surface area (Å²) in [4.78, 5) is 12.5. The molecule has 0 atom stereocenters. The van der Waals surface area contributed by atoms with Crippen LogP contribution in [0.25, 0.3) is 0 Å². The zero-order valence-electron chi connectivity index (χ0n) is 17.6. The molecule has 1 amide bonds. The molecule has 0 bridgehead atoms. The molecule has 168 valence electrons. The van der Waals surface area contributed by atoms with Crippen molar-refractivity contribution in [2.75, 3.05) is 4.72 Å². The molecule has 0 saturated heterocycles. The van der Waals surface area contributed by atoms with Gasteiger partial charge in [0.2, 0.25) is 0 Å². The number of amides is 1. The molecule has 3 aromatic carbocycles. The minimum atomic E-state index is -3.62. The predicted octanol–water partition coefficient (Wildman–Crippen LogP) is 5.06. The molecule has 0 aliphatic heterocycles. The second kappa shape index (κ2) is 10.3. The van der Waals surface area contributed by atoms with E-state index in [4.69, 9.17) is 4.74 Å². The summed E-state index contributed by atoms with van der Waals surface area (Å²) < 4.78 is 33.1. The third-order valence-electron chi connectivity index (χ3n) is 4.75. The number of hydrogen-bond donors (Lipinski definition) is 2. The van der Waals surface area contributed by atoms with Crippen LogP contribution in [-0.4, -0.2) is 14.3 Å². The molecule has 0 saturated carbocycles. The second-order valence-electron chi connectivity index (χ2n) is 7.22. The topological polar surface area (TPSA) is 84.5 Å². The number of para-hydroxylation sites is 1. The van der Waals surface area contributed by atoms with Gasteiger partial charge < -0.3 is 10.1 Å². The van der Waals surface area contributed by atoms with Crippen LogP contribution in [0.15, 0.2) is 101 Å². The molecule has 0 fully saturated rings. The molecule has 4 rings (SSSR count). The Hall–Kier alpha value is -3.62. The summed E-state index contributed by atoms with van der Waals surface area (Å²) >= 11 is 1.14. The van der Waals surface area contributed by atoms with E-state index in [1.54, 1.807) is 35.7 Å². The third-order valence-corrected chi connectivity index (χ3v) is 7.53. The first-order chi connectivity index (χ1) is 16.0. The lowest BCUT2D eigenvalue weighted by Crippen LogP contribution is -2.22. The van der Waals surface area contributed by atoms with Crippen molar-refractivity contribution < 1.29 is 17.9 Å². The Morgan fingerprint density at radius 1 is 0.848 bits per heavy atom. The van der Waals surface area contributed by atoms with E-state index in [1.165, 1.54) is 6.07 Å². The van der Waals surface area contributed by atoms with E-state index < -0.39 is 10.0 Å². The first-order valence-electron chi connectivity index (χ1n) is 10.2. The maximum atomic E-state index is 12.5. The molecule has 0 aliphatic carbocycles. The Morgan fingerprint density at radius 2 is 1.61 bits per heavy atom. The number of nitrogens with one attached hydrogen (secondary N) is 2. The number of carbonyl (C=O) groups is 1. The Labute approximate surface area is 196 Å². The summed E-state index contributed by atoms with van der Waals surface area (Å²) in [5, 5.41) is 4.59. The van der Waals surface area contributed by atoms with Gasteiger partial charge in [0, 0.05) is 17.8 Å². The minimum Gasteiger partial charge on any atom is -0.489 e. The fourth-order valence-corrected chi connectivity index (χ4v) is 5.16. The van der Waals surface area contributed by atoms with Gasteiger partial charge >= 0.3 is 0 Å². The van der Waals surface area contributed by atoms with E-state index in [-0.39, 0.29) is 10.1 Å². The van der Waals surface area contributed by atoms with Crippen LogP contribution in [0.3, 0.4) is 0 Å². The van der Waals surface area contributed by atoms with Crippen molar-refractivity contribution in [3.05, 3.63) is 113 Å². The molecule has 0 spiro atoms. The number of ether oxygens (including phenoxy) is 1. The molecule has 4 aromatic rings. The minimum absolute atomic E-state index is 0.237. The zero-order chi connectivity index (χ0) is 23.1. The number of thiophene rings is 1. The summed E-state index contributed by atoms with van der Waals surface area (Å²) in [7, 11) is -3.62. The van der Waals surface area contributed by atoms with Crippen LogP contribution in [0.5, 0.6) is 5.75 Å². The number of anilines is 1. The van der Waals surface area contributed by atoms with Gasteiger partial charge in [-0.15, -0.1) is 11.3 Å². The fraction of sp³-hybridized carbons (Fsp3) is 0.0800. The molecule has 6 nitrogen and oxygen atoms in total. The van der Waals surface area contributed by atoms with Crippen molar-refractivity contribution in [1.82, 2.24) is 5.32 Å². The molecule has 8 heteroatoms. The van der Waals surface area contributed by atoms with Crippen LogP contribution in [0.1, 0.15) is 21.5 Å². The van der Waals surface area contributed by atoms with Gasteiger partial charge in [0.05, 0.1) is 0 Å². The first kappa shape index (κ1) is 22.6. The summed E-state index contributed by atoms with van der Waals surface area (Å²) in [5.41, 5.74) is 2.80. The molecule has 0 aliphatic rings. The van der Waals surface area contributed by atoms with Crippen molar-refractivity contribution in [3.63, 3.8) is 0 Å². The lowest BCUT2D eigenvalue weighted by Gasteiger charge is -2.10. The average molecular weight is 479 g/mol. The number of sulfonamides is 1. The highest BCUT2D eigenvalue weighted by Crippen LogP contribution is 2.20. The summed E-state index contributed by atoms with van der Waals surface area (Å²) in [6.45, 7) is 0.805. The molecule has 0 unspecified atom stereocenters. The van der Waals surface area contributed by atoms with Crippen molar-refractivity contribution in [2.45, 2.75) is 17.4 Å². The normalized spacial score (nSPS) is 11.0. The van der Waals surface area contributed by atoms with E-state index in [0.29, 0.717) is 24.4 Å². The van der Waals surface area contributed by atoms with Crippen LogP contribution in [0.4, 0.5) is 5.69 Å². The fourth-order valence-electron chi connectivity index (χ4n) is 3.11. The van der Waals surface area contributed by atoms with Crippen molar-refractivity contribution in [3.8, 4) is 5.75 Å². The Morgan fingerprint density at radius 3 is 2.33 bits per heavy atom. The van der Waals surface area contributed by atoms with Crippen LogP contribution in [0, 0.1) is 0 Å². The van der Waals surface area contributed by atoms with Crippen molar-refractivity contribution in [1.29, 1.82) is 0 Å². The van der Waals surface area contributed by atoms with Gasteiger partial charge in [0.25, 0.3) is 15.9 Å². The highest BCUT2D eigenvalue weighted by atomic mass is 32.2. The first-order valence-corrected chi connectivity index (χ1v) is 12.6. The number of hydrogen-bond acceptors (Lipinski definition) is 5. The summed E-state index contributed by atoms with van der Waals surface area (Å²) in [6.07, 6.45) is 0. The molecular formula is C25H22N2O4S2. The summed E-state index contributed by atoms with van der Waals surface area (Å²) in [5.74, 6) is 0.561. The number of rotatable bonds is 9. The van der Waals surface area contributed by atoms with Gasteiger partial charge in [-0.3, -0.25) is 9.52 Å². The Balaban J connectivity index is 1.31. The lowest BCUT2D eigenvalue weighted by atomic mass is 10.1. The molecule has 2 N–H and O–H groups in total. The van der Waals surface area contributed by atoms with Crippen LogP contribution >= 0.6 is 11.3 Å². The van der Waals surface area contributed by atoms with E-state index in [1.807, 2.05) is 54.6 Å². The largest absolute Gasteiger partial charge is 0.489 e. The van der Waals surface area contributed by atoms with Crippen LogP contribution < -0.4 is 14.8 Å².